The van der Waals surface area contributed by atoms with E-state index >= 15 is 0 Å². The first-order valence-electron chi connectivity index (χ1n) is 7.33. The molecule has 2 aliphatic rings. The van der Waals surface area contributed by atoms with E-state index in [2.05, 4.69) is 34.5 Å². The van der Waals surface area contributed by atoms with E-state index in [-0.39, 0.29) is 6.04 Å². The van der Waals surface area contributed by atoms with Gasteiger partial charge in [-0.05, 0) is 18.4 Å². The van der Waals surface area contributed by atoms with E-state index in [1.807, 2.05) is 6.07 Å². The maximum absolute atomic E-state index is 11.5. The van der Waals surface area contributed by atoms with Crippen LogP contribution in [0.5, 0.6) is 0 Å². The molecule has 1 aromatic carbocycles. The minimum Gasteiger partial charge on any atom is -0.309 e. The molecular formula is C15H22N2O2S. The van der Waals surface area contributed by atoms with Crippen LogP contribution in [0.4, 0.5) is 0 Å². The van der Waals surface area contributed by atoms with Gasteiger partial charge in [-0.2, -0.15) is 0 Å². The van der Waals surface area contributed by atoms with Crippen molar-refractivity contribution in [2.45, 2.75) is 31.5 Å². The topological polar surface area (TPSA) is 49.4 Å². The van der Waals surface area contributed by atoms with Gasteiger partial charge in [-0.1, -0.05) is 30.3 Å². The Morgan fingerprint density at radius 2 is 1.95 bits per heavy atom. The lowest BCUT2D eigenvalue weighted by atomic mass is 10.2. The van der Waals surface area contributed by atoms with E-state index in [9.17, 15) is 8.42 Å². The molecule has 0 aromatic heterocycles. The highest BCUT2D eigenvalue weighted by molar-refractivity contribution is 7.91. The van der Waals surface area contributed by atoms with Gasteiger partial charge in [0.25, 0.3) is 0 Å². The number of benzene rings is 1. The van der Waals surface area contributed by atoms with Gasteiger partial charge in [0, 0.05) is 31.7 Å². The third kappa shape index (κ3) is 3.59. The van der Waals surface area contributed by atoms with Crippen LogP contribution in [0.1, 0.15) is 18.4 Å². The van der Waals surface area contributed by atoms with Crippen LogP contribution in [0.3, 0.4) is 0 Å². The molecule has 1 aromatic rings. The first kappa shape index (κ1) is 14.0. The van der Waals surface area contributed by atoms with Gasteiger partial charge >= 0.3 is 0 Å². The van der Waals surface area contributed by atoms with Crippen molar-refractivity contribution in [3.8, 4) is 0 Å². The average molecular weight is 294 g/mol. The second-order valence-corrected chi connectivity index (χ2v) is 8.20. The second kappa shape index (κ2) is 5.84. The summed E-state index contributed by atoms with van der Waals surface area (Å²) < 4.78 is 22.9. The summed E-state index contributed by atoms with van der Waals surface area (Å²) in [6.07, 6.45) is 1.89. The molecule has 2 unspecified atom stereocenters. The van der Waals surface area contributed by atoms with Crippen LogP contribution in [0.25, 0.3) is 0 Å². The summed E-state index contributed by atoms with van der Waals surface area (Å²) in [7, 11) is -2.78. The van der Waals surface area contributed by atoms with Gasteiger partial charge in [0.1, 0.15) is 0 Å². The molecule has 0 radical (unpaired) electrons. The summed E-state index contributed by atoms with van der Waals surface area (Å²) >= 11 is 0. The van der Waals surface area contributed by atoms with Gasteiger partial charge in [0.2, 0.25) is 0 Å². The van der Waals surface area contributed by atoms with E-state index in [0.717, 1.165) is 32.5 Å². The number of hydrogen-bond acceptors (Lipinski definition) is 4. The zero-order chi connectivity index (χ0) is 14.0. The van der Waals surface area contributed by atoms with Gasteiger partial charge in [-0.3, -0.25) is 4.90 Å². The number of nitrogens with one attached hydrogen (secondary N) is 1. The van der Waals surface area contributed by atoms with Crippen LogP contribution in [-0.4, -0.2) is 50.0 Å². The van der Waals surface area contributed by atoms with Gasteiger partial charge in [0.15, 0.2) is 9.84 Å². The highest BCUT2D eigenvalue weighted by atomic mass is 32.2. The smallest absolute Gasteiger partial charge is 0.151 e. The van der Waals surface area contributed by atoms with Crippen molar-refractivity contribution in [2.24, 2.45) is 0 Å². The van der Waals surface area contributed by atoms with Gasteiger partial charge in [-0.15, -0.1) is 0 Å². The number of nitrogens with zero attached hydrogens (tertiary/aromatic N) is 1. The SMILES string of the molecule is O=S1(=O)CCC(NC2CCN(Cc3ccccc3)C2)C1. The summed E-state index contributed by atoms with van der Waals surface area (Å²) in [5.41, 5.74) is 1.34. The Hall–Kier alpha value is -0.910. The average Bonchev–Trinajstić information content (AvgIpc) is 2.98. The van der Waals surface area contributed by atoms with Crippen molar-refractivity contribution in [2.75, 3.05) is 24.6 Å². The fourth-order valence-electron chi connectivity index (χ4n) is 3.21. The summed E-state index contributed by atoms with van der Waals surface area (Å²) in [5.74, 6) is 0.674. The molecule has 2 saturated heterocycles. The lowest BCUT2D eigenvalue weighted by Gasteiger charge is -2.19. The number of likely N-dealkylation sites (tertiary alicyclic amines) is 1. The molecule has 0 saturated carbocycles. The Bertz CT molecular complexity index is 544. The molecule has 5 heteroatoms. The zero-order valence-electron chi connectivity index (χ0n) is 11.7. The summed E-state index contributed by atoms with van der Waals surface area (Å²) in [5, 5.41) is 3.53. The lowest BCUT2D eigenvalue weighted by Crippen LogP contribution is -2.40. The number of rotatable bonds is 4. The molecule has 0 aliphatic carbocycles. The highest BCUT2D eigenvalue weighted by Crippen LogP contribution is 2.17. The van der Waals surface area contributed by atoms with Gasteiger partial charge < -0.3 is 5.32 Å². The van der Waals surface area contributed by atoms with Crippen molar-refractivity contribution < 1.29 is 8.42 Å². The van der Waals surface area contributed by atoms with Crippen LogP contribution in [0.15, 0.2) is 30.3 Å². The van der Waals surface area contributed by atoms with Crippen molar-refractivity contribution in [3.05, 3.63) is 35.9 Å². The van der Waals surface area contributed by atoms with Gasteiger partial charge in [-0.25, -0.2) is 8.42 Å². The third-order valence-electron chi connectivity index (χ3n) is 4.23. The molecule has 20 heavy (non-hydrogen) atoms. The predicted molar refractivity (Wildman–Crippen MR) is 80.3 cm³/mol. The normalized spacial score (nSPS) is 29.8. The van der Waals surface area contributed by atoms with Crippen molar-refractivity contribution >= 4 is 9.84 Å². The standard InChI is InChI=1S/C15H22N2O2S/c18-20(19)9-7-15(12-20)16-14-6-8-17(11-14)10-13-4-2-1-3-5-13/h1-5,14-16H,6-12H2. The first-order chi connectivity index (χ1) is 9.61. The number of hydrogen-bond donors (Lipinski definition) is 1. The van der Waals surface area contributed by atoms with Crippen LogP contribution < -0.4 is 5.32 Å². The molecule has 3 rings (SSSR count). The second-order valence-electron chi connectivity index (χ2n) is 5.97. The number of sulfone groups is 1. The zero-order valence-corrected chi connectivity index (χ0v) is 12.5. The maximum atomic E-state index is 11.5. The molecule has 2 heterocycles. The Morgan fingerprint density at radius 3 is 2.65 bits per heavy atom. The largest absolute Gasteiger partial charge is 0.309 e. The van der Waals surface area contributed by atoms with E-state index in [1.54, 1.807) is 0 Å². The van der Waals surface area contributed by atoms with Crippen molar-refractivity contribution in [3.63, 3.8) is 0 Å². The van der Waals surface area contributed by atoms with Crippen LogP contribution in [-0.2, 0) is 16.4 Å². The quantitative estimate of drug-likeness (QED) is 0.901. The fourth-order valence-corrected chi connectivity index (χ4v) is 4.90. The van der Waals surface area contributed by atoms with Crippen LogP contribution in [0.2, 0.25) is 0 Å². The molecule has 4 nitrogen and oxygen atoms in total. The minimum absolute atomic E-state index is 0.168. The summed E-state index contributed by atoms with van der Waals surface area (Å²) in [4.78, 5) is 2.44. The first-order valence-corrected chi connectivity index (χ1v) is 9.16. The van der Waals surface area contributed by atoms with E-state index in [1.165, 1.54) is 5.56 Å². The van der Waals surface area contributed by atoms with E-state index < -0.39 is 9.84 Å². The van der Waals surface area contributed by atoms with E-state index in [4.69, 9.17) is 0 Å². The predicted octanol–water partition coefficient (Wildman–Crippen LogP) is 1.04. The molecule has 2 fully saturated rings. The Labute approximate surface area is 121 Å². The molecule has 0 bridgehead atoms. The molecule has 0 amide bonds. The van der Waals surface area contributed by atoms with Crippen molar-refractivity contribution in [1.29, 1.82) is 0 Å². The van der Waals surface area contributed by atoms with Crippen LogP contribution in [0, 0.1) is 0 Å². The highest BCUT2D eigenvalue weighted by Gasteiger charge is 2.31. The lowest BCUT2D eigenvalue weighted by molar-refractivity contribution is 0.316. The summed E-state index contributed by atoms with van der Waals surface area (Å²) in [6.45, 7) is 3.10. The third-order valence-corrected chi connectivity index (χ3v) is 5.99. The monoisotopic (exact) mass is 294 g/mol. The minimum atomic E-state index is -2.78. The van der Waals surface area contributed by atoms with E-state index in [0.29, 0.717) is 17.5 Å². The fraction of sp³-hybridized carbons (Fsp3) is 0.600. The molecule has 110 valence electrons. The molecule has 2 aliphatic heterocycles. The van der Waals surface area contributed by atoms with Crippen LogP contribution >= 0.6 is 0 Å². The van der Waals surface area contributed by atoms with Crippen molar-refractivity contribution in [1.82, 2.24) is 10.2 Å². The molecule has 0 spiro atoms. The molecule has 1 N–H and O–H groups in total. The van der Waals surface area contributed by atoms with Gasteiger partial charge in [0.05, 0.1) is 11.5 Å². The Morgan fingerprint density at radius 1 is 1.15 bits per heavy atom. The Kier molecular flexibility index (Phi) is 4.10. The molecule has 2 atom stereocenters. The Balaban J connectivity index is 1.48. The maximum Gasteiger partial charge on any atom is 0.151 e. The molecular weight excluding hydrogens is 272 g/mol. The summed E-state index contributed by atoms with van der Waals surface area (Å²) in [6, 6.07) is 11.1.